The highest BCUT2D eigenvalue weighted by Gasteiger charge is 2.12. The summed E-state index contributed by atoms with van der Waals surface area (Å²) in [4.78, 5) is 4.46. The second-order valence-electron chi connectivity index (χ2n) is 5.47. The number of aryl methyl sites for hydroxylation is 1. The van der Waals surface area contributed by atoms with Crippen LogP contribution in [0.1, 0.15) is 43.3 Å². The van der Waals surface area contributed by atoms with Crippen molar-refractivity contribution < 1.29 is 0 Å². The first-order chi connectivity index (χ1) is 9.52. The molecule has 2 rings (SSSR count). The second-order valence-corrected chi connectivity index (χ2v) is 5.47. The molecule has 0 fully saturated rings. The predicted octanol–water partition coefficient (Wildman–Crippen LogP) is 2.94. The lowest BCUT2D eigenvalue weighted by Crippen LogP contribution is -2.22. The average molecular weight is 272 g/mol. The summed E-state index contributed by atoms with van der Waals surface area (Å²) in [5.41, 5.74) is 4.83. The lowest BCUT2D eigenvalue weighted by molar-refractivity contribution is 0.588. The number of hydrogen-bond donors (Lipinski definition) is 1. The van der Waals surface area contributed by atoms with Gasteiger partial charge in [0.15, 0.2) is 5.82 Å². The number of aromatic nitrogens is 3. The first-order valence-electron chi connectivity index (χ1n) is 7.26. The van der Waals surface area contributed by atoms with Crippen molar-refractivity contribution in [3.8, 4) is 5.82 Å². The summed E-state index contributed by atoms with van der Waals surface area (Å²) in [6.07, 6.45) is 2.86. The summed E-state index contributed by atoms with van der Waals surface area (Å²) < 4.78 is 1.95. The second kappa shape index (κ2) is 6.18. The van der Waals surface area contributed by atoms with Gasteiger partial charge in [-0.05, 0) is 43.5 Å². The zero-order valence-electron chi connectivity index (χ0n) is 13.1. The van der Waals surface area contributed by atoms with E-state index in [2.05, 4.69) is 56.1 Å². The molecule has 2 heterocycles. The molecule has 4 nitrogen and oxygen atoms in total. The van der Waals surface area contributed by atoms with Crippen LogP contribution in [0.25, 0.3) is 5.82 Å². The van der Waals surface area contributed by atoms with Crippen LogP contribution in [0.2, 0.25) is 0 Å². The van der Waals surface area contributed by atoms with E-state index >= 15 is 0 Å². The highest BCUT2D eigenvalue weighted by molar-refractivity contribution is 5.34. The van der Waals surface area contributed by atoms with Crippen molar-refractivity contribution in [3.05, 3.63) is 40.8 Å². The number of nitrogens with zero attached hydrogens (tertiary/aromatic N) is 3. The molecule has 108 valence electrons. The van der Waals surface area contributed by atoms with Crippen molar-refractivity contribution in [2.24, 2.45) is 0 Å². The van der Waals surface area contributed by atoms with E-state index in [1.807, 2.05) is 16.9 Å². The van der Waals surface area contributed by atoms with E-state index in [1.54, 1.807) is 0 Å². The third-order valence-electron chi connectivity index (χ3n) is 3.54. The van der Waals surface area contributed by atoms with E-state index in [1.165, 1.54) is 16.8 Å². The van der Waals surface area contributed by atoms with Crippen LogP contribution in [-0.2, 0) is 13.0 Å². The molecule has 2 aromatic rings. The van der Waals surface area contributed by atoms with Gasteiger partial charge in [0.1, 0.15) is 0 Å². The molecule has 0 aliphatic heterocycles. The van der Waals surface area contributed by atoms with Gasteiger partial charge in [0.25, 0.3) is 0 Å². The standard InChI is InChI=1S/C16H24N4/c1-6-15-12(4)19-20(13(15)5)16-9-14(7-8-17-16)10-18-11(2)3/h7-9,11,18H,6,10H2,1-5H3. The van der Waals surface area contributed by atoms with Crippen LogP contribution in [-0.4, -0.2) is 20.8 Å². The first kappa shape index (κ1) is 14.7. The highest BCUT2D eigenvalue weighted by Crippen LogP contribution is 2.17. The number of pyridine rings is 1. The van der Waals surface area contributed by atoms with Gasteiger partial charge >= 0.3 is 0 Å². The largest absolute Gasteiger partial charge is 0.310 e. The Hall–Kier alpha value is -1.68. The molecular formula is C16H24N4. The molecule has 2 aromatic heterocycles. The van der Waals surface area contributed by atoms with E-state index in [9.17, 15) is 0 Å². The molecule has 0 amide bonds. The quantitative estimate of drug-likeness (QED) is 0.910. The zero-order valence-corrected chi connectivity index (χ0v) is 13.1. The summed E-state index contributed by atoms with van der Waals surface area (Å²) >= 11 is 0. The van der Waals surface area contributed by atoms with Crippen LogP contribution in [0.3, 0.4) is 0 Å². The van der Waals surface area contributed by atoms with Crippen LogP contribution in [0, 0.1) is 13.8 Å². The van der Waals surface area contributed by atoms with Gasteiger partial charge < -0.3 is 5.32 Å². The minimum Gasteiger partial charge on any atom is -0.310 e. The third kappa shape index (κ3) is 3.07. The van der Waals surface area contributed by atoms with Gasteiger partial charge in [-0.25, -0.2) is 9.67 Å². The molecule has 0 aliphatic carbocycles. The van der Waals surface area contributed by atoms with Crippen LogP contribution >= 0.6 is 0 Å². The Morgan fingerprint density at radius 2 is 2.05 bits per heavy atom. The van der Waals surface area contributed by atoms with Gasteiger partial charge in [0.2, 0.25) is 0 Å². The van der Waals surface area contributed by atoms with E-state index < -0.39 is 0 Å². The fraction of sp³-hybridized carbons (Fsp3) is 0.500. The Morgan fingerprint density at radius 3 is 2.65 bits per heavy atom. The van der Waals surface area contributed by atoms with Crippen molar-refractivity contribution in [1.29, 1.82) is 0 Å². The fourth-order valence-corrected chi connectivity index (χ4v) is 2.42. The smallest absolute Gasteiger partial charge is 0.153 e. The maximum absolute atomic E-state index is 4.62. The van der Waals surface area contributed by atoms with Crippen molar-refractivity contribution in [2.45, 2.75) is 53.6 Å². The van der Waals surface area contributed by atoms with Gasteiger partial charge in [-0.1, -0.05) is 20.8 Å². The summed E-state index contributed by atoms with van der Waals surface area (Å²) in [5.74, 6) is 0.897. The molecule has 0 spiro atoms. The van der Waals surface area contributed by atoms with E-state index in [0.717, 1.165) is 24.5 Å². The molecule has 0 bridgehead atoms. The van der Waals surface area contributed by atoms with Crippen molar-refractivity contribution >= 4 is 0 Å². The fourth-order valence-electron chi connectivity index (χ4n) is 2.42. The normalized spacial score (nSPS) is 11.3. The van der Waals surface area contributed by atoms with Crippen molar-refractivity contribution in [1.82, 2.24) is 20.1 Å². The van der Waals surface area contributed by atoms with Crippen molar-refractivity contribution in [2.75, 3.05) is 0 Å². The van der Waals surface area contributed by atoms with Gasteiger partial charge in [0, 0.05) is 24.5 Å². The highest BCUT2D eigenvalue weighted by atomic mass is 15.3. The van der Waals surface area contributed by atoms with Crippen LogP contribution in [0.4, 0.5) is 0 Å². The molecule has 0 saturated heterocycles. The SMILES string of the molecule is CCc1c(C)nn(-c2cc(CNC(C)C)ccn2)c1C. The Labute approximate surface area is 121 Å². The van der Waals surface area contributed by atoms with E-state index in [0.29, 0.717) is 6.04 Å². The third-order valence-corrected chi connectivity index (χ3v) is 3.54. The van der Waals surface area contributed by atoms with Gasteiger partial charge in [-0.2, -0.15) is 5.10 Å². The maximum Gasteiger partial charge on any atom is 0.153 e. The van der Waals surface area contributed by atoms with Crippen LogP contribution < -0.4 is 5.32 Å². The Kier molecular flexibility index (Phi) is 4.55. The molecular weight excluding hydrogens is 248 g/mol. The summed E-state index contributed by atoms with van der Waals surface area (Å²) in [5, 5.41) is 8.05. The molecule has 0 aliphatic rings. The minimum atomic E-state index is 0.479. The van der Waals surface area contributed by atoms with Gasteiger partial charge in [-0.15, -0.1) is 0 Å². The first-order valence-corrected chi connectivity index (χ1v) is 7.26. The Morgan fingerprint density at radius 1 is 1.30 bits per heavy atom. The van der Waals surface area contributed by atoms with Crippen LogP contribution in [0.15, 0.2) is 18.3 Å². The molecule has 0 unspecified atom stereocenters. The molecule has 0 radical (unpaired) electrons. The molecule has 0 atom stereocenters. The van der Waals surface area contributed by atoms with E-state index in [4.69, 9.17) is 0 Å². The lowest BCUT2D eigenvalue weighted by Gasteiger charge is -2.10. The summed E-state index contributed by atoms with van der Waals surface area (Å²) in [7, 11) is 0. The number of nitrogens with one attached hydrogen (secondary N) is 1. The Bertz CT molecular complexity index is 584. The monoisotopic (exact) mass is 272 g/mol. The molecule has 1 N–H and O–H groups in total. The van der Waals surface area contributed by atoms with E-state index in [-0.39, 0.29) is 0 Å². The zero-order chi connectivity index (χ0) is 14.7. The summed E-state index contributed by atoms with van der Waals surface area (Å²) in [6.45, 7) is 11.5. The topological polar surface area (TPSA) is 42.7 Å². The molecule has 0 aromatic carbocycles. The number of hydrogen-bond acceptors (Lipinski definition) is 3. The minimum absolute atomic E-state index is 0.479. The van der Waals surface area contributed by atoms with Crippen LogP contribution in [0.5, 0.6) is 0 Å². The maximum atomic E-state index is 4.62. The molecule has 20 heavy (non-hydrogen) atoms. The lowest BCUT2D eigenvalue weighted by atomic mass is 10.1. The summed E-state index contributed by atoms with van der Waals surface area (Å²) in [6, 6.07) is 4.63. The average Bonchev–Trinajstić information content (AvgIpc) is 2.71. The van der Waals surface area contributed by atoms with Gasteiger partial charge in [-0.3, -0.25) is 0 Å². The molecule has 4 heteroatoms. The van der Waals surface area contributed by atoms with Gasteiger partial charge in [0.05, 0.1) is 5.69 Å². The Balaban J connectivity index is 2.31. The predicted molar refractivity (Wildman–Crippen MR) is 82.2 cm³/mol. The molecule has 0 saturated carbocycles. The van der Waals surface area contributed by atoms with Crippen molar-refractivity contribution in [3.63, 3.8) is 0 Å². The number of rotatable bonds is 5.